The summed E-state index contributed by atoms with van der Waals surface area (Å²) in [6.45, 7) is 1.65. The number of fused-ring (bicyclic) bond motifs is 1. The maximum atomic E-state index is 12.2. The van der Waals surface area contributed by atoms with Crippen LogP contribution in [0, 0.1) is 0 Å². The second-order valence-corrected chi connectivity index (χ2v) is 7.09. The van der Waals surface area contributed by atoms with E-state index in [1.807, 2.05) is 18.2 Å². The Kier molecular flexibility index (Phi) is 4.64. The molecule has 20 heavy (non-hydrogen) atoms. The number of halogens is 1. The Morgan fingerprint density at radius 1 is 1.35 bits per heavy atom. The zero-order valence-electron chi connectivity index (χ0n) is 10.5. The molecule has 1 aliphatic heterocycles. The molecule has 0 saturated heterocycles. The molecule has 3 rings (SSSR count). The molecule has 0 atom stereocenters. The van der Waals surface area contributed by atoms with Gasteiger partial charge in [0.05, 0.1) is 17.4 Å². The summed E-state index contributed by atoms with van der Waals surface area (Å²) in [5, 5.41) is 3.27. The average molecular weight is 332 g/mol. The van der Waals surface area contributed by atoms with Crippen molar-refractivity contribution < 1.29 is 8.42 Å². The SMILES string of the molecule is Cl.O=S(=O)(Nc1cccc2c1CCNC2)c1cncs1. The van der Waals surface area contributed by atoms with Gasteiger partial charge in [-0.25, -0.2) is 8.42 Å². The van der Waals surface area contributed by atoms with Gasteiger partial charge in [0, 0.05) is 6.54 Å². The van der Waals surface area contributed by atoms with E-state index in [4.69, 9.17) is 0 Å². The van der Waals surface area contributed by atoms with Crippen LogP contribution in [0.5, 0.6) is 0 Å². The van der Waals surface area contributed by atoms with Gasteiger partial charge in [-0.2, -0.15) is 0 Å². The lowest BCUT2D eigenvalue weighted by molar-refractivity contribution is 0.602. The van der Waals surface area contributed by atoms with Gasteiger partial charge in [0.2, 0.25) is 0 Å². The van der Waals surface area contributed by atoms with Crippen LogP contribution in [0.1, 0.15) is 11.1 Å². The first-order valence-electron chi connectivity index (χ1n) is 5.89. The molecule has 0 bridgehead atoms. The molecule has 0 fully saturated rings. The minimum Gasteiger partial charge on any atom is -0.312 e. The lowest BCUT2D eigenvalue weighted by atomic mass is 9.99. The van der Waals surface area contributed by atoms with E-state index >= 15 is 0 Å². The molecule has 0 spiro atoms. The van der Waals surface area contributed by atoms with E-state index in [2.05, 4.69) is 15.0 Å². The summed E-state index contributed by atoms with van der Waals surface area (Å²) < 4.78 is 27.3. The summed E-state index contributed by atoms with van der Waals surface area (Å²) >= 11 is 1.11. The van der Waals surface area contributed by atoms with Crippen molar-refractivity contribution in [1.82, 2.24) is 10.3 Å². The average Bonchev–Trinajstić information content (AvgIpc) is 2.93. The Hall–Kier alpha value is -1.15. The number of thiazole rings is 1. The van der Waals surface area contributed by atoms with Crippen molar-refractivity contribution in [3.63, 3.8) is 0 Å². The van der Waals surface area contributed by atoms with Crippen molar-refractivity contribution >= 4 is 39.5 Å². The minimum absolute atomic E-state index is 0. The van der Waals surface area contributed by atoms with Gasteiger partial charge in [0.15, 0.2) is 4.21 Å². The molecule has 1 aromatic heterocycles. The molecule has 0 aliphatic carbocycles. The predicted molar refractivity (Wildman–Crippen MR) is 82.0 cm³/mol. The largest absolute Gasteiger partial charge is 0.312 e. The lowest BCUT2D eigenvalue weighted by Gasteiger charge is -2.20. The van der Waals surface area contributed by atoms with E-state index in [1.165, 1.54) is 11.7 Å². The van der Waals surface area contributed by atoms with E-state index in [1.54, 1.807) is 0 Å². The van der Waals surface area contributed by atoms with Crippen LogP contribution in [-0.4, -0.2) is 19.9 Å². The number of sulfonamides is 1. The summed E-state index contributed by atoms with van der Waals surface area (Å²) in [6, 6.07) is 5.70. The van der Waals surface area contributed by atoms with Crippen molar-refractivity contribution in [2.24, 2.45) is 0 Å². The quantitative estimate of drug-likeness (QED) is 0.902. The molecule has 108 valence electrons. The third-order valence-electron chi connectivity index (χ3n) is 3.06. The van der Waals surface area contributed by atoms with Crippen molar-refractivity contribution in [3.05, 3.63) is 41.0 Å². The van der Waals surface area contributed by atoms with Crippen molar-refractivity contribution in [1.29, 1.82) is 0 Å². The standard InChI is InChI=1S/C12H13N3O2S2.ClH/c16-19(17,12-7-14-8-18-12)15-11-3-1-2-9-6-13-5-4-10(9)11;/h1-3,7-8,13,15H,4-6H2;1H. The van der Waals surface area contributed by atoms with E-state index < -0.39 is 10.0 Å². The fraction of sp³-hybridized carbons (Fsp3) is 0.250. The molecule has 2 N–H and O–H groups in total. The fourth-order valence-electron chi connectivity index (χ4n) is 2.16. The molecule has 0 unspecified atom stereocenters. The summed E-state index contributed by atoms with van der Waals surface area (Å²) in [5.74, 6) is 0. The number of rotatable bonds is 3. The maximum Gasteiger partial charge on any atom is 0.273 e. The topological polar surface area (TPSA) is 71.1 Å². The van der Waals surface area contributed by atoms with Gasteiger partial charge in [0.1, 0.15) is 0 Å². The van der Waals surface area contributed by atoms with Gasteiger partial charge in [-0.3, -0.25) is 9.71 Å². The number of nitrogens with zero attached hydrogens (tertiary/aromatic N) is 1. The van der Waals surface area contributed by atoms with Gasteiger partial charge >= 0.3 is 0 Å². The molecule has 0 amide bonds. The first kappa shape index (κ1) is 15.2. The van der Waals surface area contributed by atoms with Crippen LogP contribution in [0.25, 0.3) is 0 Å². The highest BCUT2D eigenvalue weighted by Crippen LogP contribution is 2.26. The number of hydrogen-bond donors (Lipinski definition) is 2. The fourth-order valence-corrected chi connectivity index (χ4v) is 4.05. The molecule has 2 aromatic rings. The van der Waals surface area contributed by atoms with Crippen molar-refractivity contribution in [3.8, 4) is 0 Å². The molecular formula is C12H14ClN3O2S2. The maximum absolute atomic E-state index is 12.2. The van der Waals surface area contributed by atoms with Gasteiger partial charge in [-0.15, -0.1) is 23.7 Å². The smallest absolute Gasteiger partial charge is 0.273 e. The summed E-state index contributed by atoms with van der Waals surface area (Å²) in [5.41, 5.74) is 4.41. The van der Waals surface area contributed by atoms with Crippen molar-refractivity contribution in [2.75, 3.05) is 11.3 Å². The lowest BCUT2D eigenvalue weighted by Crippen LogP contribution is -2.25. The van der Waals surface area contributed by atoms with Crippen LogP contribution in [0.3, 0.4) is 0 Å². The number of aromatic nitrogens is 1. The first-order chi connectivity index (χ1) is 9.17. The summed E-state index contributed by atoms with van der Waals surface area (Å²) in [7, 11) is -3.52. The number of nitrogens with one attached hydrogen (secondary N) is 2. The summed E-state index contributed by atoms with van der Waals surface area (Å²) in [4.78, 5) is 3.81. The Morgan fingerprint density at radius 2 is 2.20 bits per heavy atom. The molecule has 0 radical (unpaired) electrons. The third kappa shape index (κ3) is 2.95. The van der Waals surface area contributed by atoms with Crippen LogP contribution in [0.15, 0.2) is 34.1 Å². The normalized spacial score (nSPS) is 14.2. The highest BCUT2D eigenvalue weighted by molar-refractivity contribution is 7.94. The minimum atomic E-state index is -3.52. The second kappa shape index (κ2) is 6.09. The molecule has 2 heterocycles. The second-order valence-electron chi connectivity index (χ2n) is 4.30. The molecule has 1 aliphatic rings. The number of anilines is 1. The van der Waals surface area contributed by atoms with Gasteiger partial charge in [-0.1, -0.05) is 12.1 Å². The first-order valence-corrected chi connectivity index (χ1v) is 8.26. The van der Waals surface area contributed by atoms with Crippen LogP contribution in [-0.2, 0) is 23.0 Å². The van der Waals surface area contributed by atoms with E-state index in [0.29, 0.717) is 5.69 Å². The predicted octanol–water partition coefficient (Wildman–Crippen LogP) is 2.01. The number of hydrogen-bond acceptors (Lipinski definition) is 5. The van der Waals surface area contributed by atoms with Gasteiger partial charge < -0.3 is 5.32 Å². The van der Waals surface area contributed by atoms with Crippen LogP contribution in [0.2, 0.25) is 0 Å². The third-order valence-corrected chi connectivity index (χ3v) is 5.69. The van der Waals surface area contributed by atoms with Crippen LogP contribution in [0.4, 0.5) is 5.69 Å². The summed E-state index contributed by atoms with van der Waals surface area (Å²) in [6.07, 6.45) is 2.20. The molecular weight excluding hydrogens is 318 g/mol. The zero-order chi connectivity index (χ0) is 13.3. The van der Waals surface area contributed by atoms with Gasteiger partial charge in [-0.05, 0) is 30.2 Å². The van der Waals surface area contributed by atoms with Crippen LogP contribution < -0.4 is 10.0 Å². The highest BCUT2D eigenvalue weighted by atomic mass is 35.5. The van der Waals surface area contributed by atoms with E-state index in [9.17, 15) is 8.42 Å². The molecule has 5 nitrogen and oxygen atoms in total. The monoisotopic (exact) mass is 331 g/mol. The molecule has 1 aromatic carbocycles. The Balaban J connectivity index is 0.00000147. The molecule has 8 heteroatoms. The van der Waals surface area contributed by atoms with E-state index in [-0.39, 0.29) is 16.6 Å². The van der Waals surface area contributed by atoms with E-state index in [0.717, 1.165) is 42.0 Å². The molecule has 0 saturated carbocycles. The zero-order valence-corrected chi connectivity index (χ0v) is 12.9. The van der Waals surface area contributed by atoms with Crippen LogP contribution >= 0.6 is 23.7 Å². The van der Waals surface area contributed by atoms with Gasteiger partial charge in [0.25, 0.3) is 10.0 Å². The number of benzene rings is 1. The Morgan fingerprint density at radius 3 is 2.95 bits per heavy atom. The van der Waals surface area contributed by atoms with Crippen molar-refractivity contribution in [2.45, 2.75) is 17.2 Å². The Bertz CT molecular complexity index is 687. The Labute approximate surface area is 127 Å². The highest BCUT2D eigenvalue weighted by Gasteiger charge is 2.19.